The van der Waals surface area contributed by atoms with E-state index in [1.165, 1.54) is 29.0 Å². The highest BCUT2D eigenvalue weighted by molar-refractivity contribution is 6.32. The number of nitrogens with one attached hydrogen (secondary N) is 1. The molecule has 1 fully saturated rings. The third kappa shape index (κ3) is 10.1. The summed E-state index contributed by atoms with van der Waals surface area (Å²) in [5, 5.41) is 13.6. The first-order valence-electron chi connectivity index (χ1n) is 16.2. The summed E-state index contributed by atoms with van der Waals surface area (Å²) < 4.78 is 16.3. The first kappa shape index (κ1) is 37.1. The van der Waals surface area contributed by atoms with Crippen molar-refractivity contribution in [3.8, 4) is 22.6 Å². The van der Waals surface area contributed by atoms with E-state index in [0.29, 0.717) is 50.6 Å². The molecule has 1 aliphatic carbocycles. The summed E-state index contributed by atoms with van der Waals surface area (Å²) in [6.07, 6.45) is 1.91. The van der Waals surface area contributed by atoms with E-state index in [2.05, 4.69) is 5.32 Å². The second-order valence-electron chi connectivity index (χ2n) is 13.0. The van der Waals surface area contributed by atoms with Gasteiger partial charge in [0.05, 0.1) is 23.4 Å². The van der Waals surface area contributed by atoms with Crippen molar-refractivity contribution in [3.05, 3.63) is 76.8 Å². The van der Waals surface area contributed by atoms with Crippen molar-refractivity contribution in [2.24, 2.45) is 0 Å². The lowest BCUT2D eigenvalue weighted by Gasteiger charge is -2.36. The fourth-order valence-electron chi connectivity index (χ4n) is 5.80. The molecule has 0 atom stereocenters. The summed E-state index contributed by atoms with van der Waals surface area (Å²) in [7, 11) is 3.08. The topological polar surface area (TPSA) is 135 Å². The Balaban J connectivity index is 1.47. The van der Waals surface area contributed by atoms with Gasteiger partial charge < -0.3 is 29.5 Å². The average Bonchev–Trinajstić information content (AvgIpc) is 3.06. The quantitative estimate of drug-likeness (QED) is 0.190. The number of halogens is 1. The van der Waals surface area contributed by atoms with Crippen molar-refractivity contribution in [1.29, 1.82) is 0 Å². The summed E-state index contributed by atoms with van der Waals surface area (Å²) in [6.45, 7) is 5.50. The van der Waals surface area contributed by atoms with E-state index in [4.69, 9.17) is 25.8 Å². The third-order valence-corrected chi connectivity index (χ3v) is 8.61. The van der Waals surface area contributed by atoms with Crippen LogP contribution in [-0.4, -0.2) is 79.4 Å². The number of carboxylic acid groups (broad SMARTS) is 1. The van der Waals surface area contributed by atoms with E-state index in [1.54, 1.807) is 7.05 Å². The lowest BCUT2D eigenvalue weighted by atomic mass is 9.89. The molecule has 1 aliphatic rings. The zero-order chi connectivity index (χ0) is 35.7. The molecule has 0 radical (unpaired) electrons. The molecule has 12 heteroatoms. The number of nitrogens with zero attached hydrogens (tertiary/aromatic N) is 2. The number of aldehydes is 1. The molecule has 11 nitrogen and oxygen atoms in total. The normalized spacial score (nSPS) is 15.9. The summed E-state index contributed by atoms with van der Waals surface area (Å²) >= 11 is 6.23. The van der Waals surface area contributed by atoms with Gasteiger partial charge in [0.15, 0.2) is 12.9 Å². The summed E-state index contributed by atoms with van der Waals surface area (Å²) in [5.41, 5.74) is 2.76. The molecular weight excluding hydrogens is 650 g/mol. The van der Waals surface area contributed by atoms with Crippen LogP contribution in [0.4, 0.5) is 15.3 Å². The van der Waals surface area contributed by atoms with E-state index in [1.807, 2.05) is 69.3 Å². The van der Waals surface area contributed by atoms with Crippen LogP contribution in [0.5, 0.6) is 11.5 Å². The Labute approximate surface area is 292 Å². The monoisotopic (exact) mass is 693 g/mol. The molecule has 0 heterocycles. The molecule has 0 bridgehead atoms. The second-order valence-corrected chi connectivity index (χ2v) is 13.4. The van der Waals surface area contributed by atoms with E-state index >= 15 is 0 Å². The Morgan fingerprint density at radius 3 is 2.31 bits per heavy atom. The Kier molecular flexibility index (Phi) is 12.5. The molecule has 3 aromatic rings. The first-order valence-corrected chi connectivity index (χ1v) is 16.6. The maximum Gasteiger partial charge on any atom is 0.412 e. The number of amides is 3. The highest BCUT2D eigenvalue weighted by atomic mass is 35.5. The number of carbonyl (C=O) groups is 4. The number of rotatable bonds is 12. The highest BCUT2D eigenvalue weighted by Crippen LogP contribution is 2.37. The predicted octanol–water partition coefficient (Wildman–Crippen LogP) is 7.23. The number of anilines is 1. The van der Waals surface area contributed by atoms with Crippen molar-refractivity contribution < 1.29 is 38.5 Å². The van der Waals surface area contributed by atoms with Gasteiger partial charge in [-0.2, -0.15) is 0 Å². The standard InChI is InChI=1S/C37H44ClN3O8/c1-37(2,3)49-35(44)39-27-12-14-28(15-13-27)41(36(45)46)31-19-24(11-16-29(31)25-9-7-6-8-10-25)17-18-40(4)34(43)23-48-33-21-32(47-5)26(22-42)20-30(33)38/h6-11,16,19-22,27-28H,12-15,17-18,23H2,1-5H3,(H,39,44)(H,45,46). The Hall–Kier alpha value is -4.77. The van der Waals surface area contributed by atoms with Crippen LogP contribution in [0.25, 0.3) is 11.1 Å². The van der Waals surface area contributed by atoms with Gasteiger partial charge in [-0.15, -0.1) is 0 Å². The number of benzene rings is 3. The minimum atomic E-state index is -1.06. The molecule has 0 unspecified atom stereocenters. The molecule has 0 aliphatic heterocycles. The van der Waals surface area contributed by atoms with Crippen LogP contribution >= 0.6 is 11.6 Å². The molecule has 4 rings (SSSR count). The second kappa shape index (κ2) is 16.6. The van der Waals surface area contributed by atoms with Gasteiger partial charge in [0.25, 0.3) is 5.91 Å². The van der Waals surface area contributed by atoms with Gasteiger partial charge in [-0.1, -0.05) is 54.1 Å². The summed E-state index contributed by atoms with van der Waals surface area (Å²) in [5.74, 6) is 0.209. The Bertz CT molecular complexity index is 1630. The fraction of sp³-hybridized carbons (Fsp3) is 0.405. The minimum absolute atomic E-state index is 0.104. The van der Waals surface area contributed by atoms with E-state index in [-0.39, 0.29) is 46.7 Å². The highest BCUT2D eigenvalue weighted by Gasteiger charge is 2.33. The lowest BCUT2D eigenvalue weighted by molar-refractivity contribution is -0.132. The SMILES string of the molecule is COc1cc(OCC(=O)N(C)CCc2ccc(-c3ccccc3)c(N(C(=O)O)C3CCC(NC(=O)OC(C)(C)C)CC3)c2)c(Cl)cc1C=O. The average molecular weight is 694 g/mol. The zero-order valence-electron chi connectivity index (χ0n) is 28.5. The van der Waals surface area contributed by atoms with Gasteiger partial charge in [0, 0.05) is 37.3 Å². The van der Waals surface area contributed by atoms with Gasteiger partial charge in [-0.05, 0) is 76.1 Å². The molecule has 0 spiro atoms. The Morgan fingerprint density at radius 1 is 1.00 bits per heavy atom. The molecule has 49 heavy (non-hydrogen) atoms. The van der Waals surface area contributed by atoms with Crippen LogP contribution in [0.1, 0.15) is 62.4 Å². The maximum absolute atomic E-state index is 12.9. The fourth-order valence-corrected chi connectivity index (χ4v) is 6.03. The molecule has 0 aromatic heterocycles. The molecular formula is C37H44ClN3O8. The summed E-state index contributed by atoms with van der Waals surface area (Å²) in [4.78, 5) is 52.4. The van der Waals surface area contributed by atoms with E-state index in [9.17, 15) is 24.3 Å². The van der Waals surface area contributed by atoms with Crippen molar-refractivity contribution in [3.63, 3.8) is 0 Å². The smallest absolute Gasteiger partial charge is 0.412 e. The number of methoxy groups -OCH3 is 1. The molecule has 0 saturated heterocycles. The lowest BCUT2D eigenvalue weighted by Crippen LogP contribution is -2.47. The van der Waals surface area contributed by atoms with Gasteiger partial charge in [-0.25, -0.2) is 9.59 Å². The third-order valence-electron chi connectivity index (χ3n) is 8.32. The van der Waals surface area contributed by atoms with E-state index < -0.39 is 17.8 Å². The molecule has 3 aromatic carbocycles. The molecule has 2 N–H and O–H groups in total. The van der Waals surface area contributed by atoms with Crippen molar-refractivity contribution in [2.45, 2.75) is 70.6 Å². The van der Waals surface area contributed by atoms with Crippen molar-refractivity contribution in [1.82, 2.24) is 10.2 Å². The zero-order valence-corrected chi connectivity index (χ0v) is 29.3. The first-order chi connectivity index (χ1) is 23.3. The minimum Gasteiger partial charge on any atom is -0.496 e. The van der Waals surface area contributed by atoms with Crippen molar-refractivity contribution in [2.75, 3.05) is 32.2 Å². The van der Waals surface area contributed by atoms with Crippen LogP contribution in [0, 0.1) is 0 Å². The van der Waals surface area contributed by atoms with E-state index in [0.717, 1.165) is 16.7 Å². The summed E-state index contributed by atoms with van der Waals surface area (Å²) in [6, 6.07) is 17.9. The van der Waals surface area contributed by atoms with Gasteiger partial charge >= 0.3 is 12.2 Å². The van der Waals surface area contributed by atoms with Gasteiger partial charge in [-0.3, -0.25) is 14.5 Å². The van der Waals surface area contributed by atoms with Crippen LogP contribution < -0.4 is 19.7 Å². The molecule has 3 amide bonds. The number of ether oxygens (including phenoxy) is 3. The van der Waals surface area contributed by atoms with Crippen LogP contribution in [0.3, 0.4) is 0 Å². The van der Waals surface area contributed by atoms with Crippen molar-refractivity contribution >= 4 is 41.7 Å². The van der Waals surface area contributed by atoms with Gasteiger partial charge in [0.2, 0.25) is 0 Å². The van der Waals surface area contributed by atoms with Gasteiger partial charge in [0.1, 0.15) is 17.1 Å². The van der Waals surface area contributed by atoms with Crippen LogP contribution in [0.15, 0.2) is 60.7 Å². The number of likely N-dealkylation sites (N-methyl/N-ethyl adjacent to an activating group) is 1. The largest absolute Gasteiger partial charge is 0.496 e. The molecule has 1 saturated carbocycles. The Morgan fingerprint density at radius 2 is 1.69 bits per heavy atom. The number of alkyl carbamates (subject to hydrolysis) is 1. The predicted molar refractivity (Wildman–Crippen MR) is 188 cm³/mol. The molecule has 262 valence electrons. The maximum atomic E-state index is 12.9. The number of hydrogen-bond acceptors (Lipinski definition) is 7. The number of carbonyl (C=O) groups excluding carboxylic acids is 3. The van der Waals surface area contributed by atoms with Crippen LogP contribution in [-0.2, 0) is 16.0 Å². The number of hydrogen-bond donors (Lipinski definition) is 2. The van der Waals surface area contributed by atoms with Crippen LogP contribution in [0.2, 0.25) is 5.02 Å².